The molecular weight excluding hydrogens is 541 g/mol. The van der Waals surface area contributed by atoms with Gasteiger partial charge >= 0.3 is 5.97 Å². The van der Waals surface area contributed by atoms with Crippen LogP contribution in [0.3, 0.4) is 0 Å². The Morgan fingerprint density at radius 1 is 1.02 bits per heavy atom. The fourth-order valence-electron chi connectivity index (χ4n) is 6.33. The molecule has 3 aliphatic carbocycles. The summed E-state index contributed by atoms with van der Waals surface area (Å²) in [6.45, 7) is 26.0. The maximum absolute atomic E-state index is 11.7. The lowest BCUT2D eigenvalue weighted by Crippen LogP contribution is -2.45. The average molecular weight is 603 g/mol. The SMILES string of the molecule is CCOC(=O)CCC=CC1=C[C@H]2C[C@@H](O[Si](C)(C)C(C)(C)C)[C@@H](/C=C\[C@@H](O[Si](C)(C)C(C)(C)C)C3CCCC3)[C@H]2C1. The Labute approximate surface area is 255 Å². The van der Waals surface area contributed by atoms with Crippen LogP contribution >= 0.6 is 0 Å². The van der Waals surface area contributed by atoms with Crippen molar-refractivity contribution in [3.63, 3.8) is 0 Å². The molecule has 41 heavy (non-hydrogen) atoms. The highest BCUT2D eigenvalue weighted by molar-refractivity contribution is 6.74. The molecule has 2 saturated carbocycles. The van der Waals surface area contributed by atoms with E-state index in [4.69, 9.17) is 13.6 Å². The van der Waals surface area contributed by atoms with Crippen molar-refractivity contribution >= 4 is 22.6 Å². The molecule has 0 unspecified atom stereocenters. The van der Waals surface area contributed by atoms with E-state index in [2.05, 4.69) is 98.1 Å². The minimum atomic E-state index is -1.90. The Bertz CT molecular complexity index is 960. The van der Waals surface area contributed by atoms with Crippen molar-refractivity contribution in [1.82, 2.24) is 0 Å². The number of esters is 1. The summed E-state index contributed by atoms with van der Waals surface area (Å²) in [7, 11) is -3.79. The molecule has 0 radical (unpaired) electrons. The summed E-state index contributed by atoms with van der Waals surface area (Å²) in [6, 6.07) is 0. The van der Waals surface area contributed by atoms with Crippen LogP contribution in [0.1, 0.15) is 99.8 Å². The first-order chi connectivity index (χ1) is 18.9. The largest absolute Gasteiger partial charge is 0.466 e. The second kappa shape index (κ2) is 13.8. The van der Waals surface area contributed by atoms with Gasteiger partial charge in [-0.25, -0.2) is 0 Å². The van der Waals surface area contributed by atoms with Crippen LogP contribution in [0.25, 0.3) is 0 Å². The molecule has 2 fully saturated rings. The van der Waals surface area contributed by atoms with E-state index in [9.17, 15) is 4.79 Å². The van der Waals surface area contributed by atoms with Gasteiger partial charge in [-0.15, -0.1) is 0 Å². The number of hydrogen-bond acceptors (Lipinski definition) is 4. The molecule has 0 saturated heterocycles. The lowest BCUT2D eigenvalue weighted by Gasteiger charge is -2.41. The summed E-state index contributed by atoms with van der Waals surface area (Å²) < 4.78 is 19.4. The Morgan fingerprint density at radius 3 is 2.24 bits per heavy atom. The fourth-order valence-corrected chi connectivity index (χ4v) is 9.00. The summed E-state index contributed by atoms with van der Waals surface area (Å²) in [4.78, 5) is 11.7. The predicted octanol–water partition coefficient (Wildman–Crippen LogP) is 10.00. The highest BCUT2D eigenvalue weighted by atomic mass is 28.4. The molecule has 6 heteroatoms. The van der Waals surface area contributed by atoms with E-state index in [-0.39, 0.29) is 28.3 Å². The van der Waals surface area contributed by atoms with Crippen molar-refractivity contribution in [2.45, 2.75) is 148 Å². The van der Waals surface area contributed by atoms with Gasteiger partial charge in [-0.1, -0.05) is 90.3 Å². The van der Waals surface area contributed by atoms with Crippen LogP contribution in [-0.2, 0) is 18.4 Å². The van der Waals surface area contributed by atoms with Gasteiger partial charge in [-0.3, -0.25) is 4.79 Å². The van der Waals surface area contributed by atoms with Crippen molar-refractivity contribution in [1.29, 1.82) is 0 Å². The third-order valence-electron chi connectivity index (χ3n) is 10.9. The van der Waals surface area contributed by atoms with Crippen LogP contribution in [0.2, 0.25) is 36.3 Å². The number of ether oxygens (including phenoxy) is 1. The van der Waals surface area contributed by atoms with Crippen LogP contribution in [0, 0.1) is 23.7 Å². The molecular formula is C35H62O4Si2. The smallest absolute Gasteiger partial charge is 0.306 e. The molecule has 0 aliphatic heterocycles. The van der Waals surface area contributed by atoms with Crippen LogP contribution in [0.5, 0.6) is 0 Å². The van der Waals surface area contributed by atoms with Crippen molar-refractivity contribution in [2.24, 2.45) is 23.7 Å². The fraction of sp³-hybridized carbons (Fsp3) is 0.800. The van der Waals surface area contributed by atoms with Gasteiger partial charge in [0.1, 0.15) is 0 Å². The molecule has 0 N–H and O–H groups in total. The number of carbonyl (C=O) groups excluding carboxylic acids is 1. The highest BCUT2D eigenvalue weighted by Crippen LogP contribution is 2.51. The first kappa shape index (κ1) is 34.5. The van der Waals surface area contributed by atoms with Crippen LogP contribution in [-0.4, -0.2) is 41.4 Å². The maximum atomic E-state index is 11.7. The predicted molar refractivity (Wildman–Crippen MR) is 178 cm³/mol. The zero-order valence-electron chi connectivity index (χ0n) is 28.3. The van der Waals surface area contributed by atoms with Gasteiger partial charge in [0.25, 0.3) is 0 Å². The van der Waals surface area contributed by atoms with E-state index in [0.29, 0.717) is 36.7 Å². The van der Waals surface area contributed by atoms with E-state index in [1.807, 2.05) is 6.92 Å². The Kier molecular flexibility index (Phi) is 11.6. The summed E-state index contributed by atoms with van der Waals surface area (Å²) >= 11 is 0. The number of hydrogen-bond donors (Lipinski definition) is 0. The van der Waals surface area contributed by atoms with Crippen molar-refractivity contribution in [2.75, 3.05) is 6.61 Å². The normalized spacial score (nSPS) is 27.1. The van der Waals surface area contributed by atoms with E-state index in [1.54, 1.807) is 0 Å². The first-order valence-corrected chi connectivity index (χ1v) is 22.3. The van der Waals surface area contributed by atoms with Gasteiger partial charge in [0, 0.05) is 12.3 Å². The molecule has 0 aromatic carbocycles. The Hall–Kier alpha value is -0.956. The average Bonchev–Trinajstić information content (AvgIpc) is 3.56. The minimum Gasteiger partial charge on any atom is -0.466 e. The molecule has 0 aromatic rings. The molecule has 5 atom stereocenters. The van der Waals surface area contributed by atoms with Gasteiger partial charge in [-0.05, 0) is 93.0 Å². The summed E-state index contributed by atoms with van der Waals surface area (Å²) in [6.07, 6.45) is 21.0. The van der Waals surface area contributed by atoms with E-state index in [0.717, 1.165) is 19.3 Å². The Balaban J connectivity index is 1.82. The Morgan fingerprint density at radius 2 is 1.66 bits per heavy atom. The molecule has 4 nitrogen and oxygen atoms in total. The van der Waals surface area contributed by atoms with Crippen LogP contribution in [0.4, 0.5) is 0 Å². The lowest BCUT2D eigenvalue weighted by atomic mass is 9.88. The molecule has 0 spiro atoms. The molecule has 0 bridgehead atoms. The van der Waals surface area contributed by atoms with E-state index < -0.39 is 16.6 Å². The summed E-state index contributed by atoms with van der Waals surface area (Å²) in [5.74, 6) is 2.06. The molecule has 234 valence electrons. The van der Waals surface area contributed by atoms with Gasteiger partial charge in [0.05, 0.1) is 18.8 Å². The van der Waals surface area contributed by atoms with Crippen LogP contribution in [0.15, 0.2) is 36.0 Å². The monoisotopic (exact) mass is 602 g/mol. The van der Waals surface area contributed by atoms with E-state index in [1.165, 1.54) is 31.3 Å². The minimum absolute atomic E-state index is 0.109. The van der Waals surface area contributed by atoms with Gasteiger partial charge in [0.2, 0.25) is 0 Å². The topological polar surface area (TPSA) is 44.8 Å². The quantitative estimate of drug-likeness (QED) is 0.127. The summed E-state index contributed by atoms with van der Waals surface area (Å²) in [5.41, 5.74) is 1.41. The van der Waals surface area contributed by atoms with Gasteiger partial charge in [-0.2, -0.15) is 0 Å². The lowest BCUT2D eigenvalue weighted by molar-refractivity contribution is -0.143. The first-order valence-electron chi connectivity index (χ1n) is 16.5. The number of carbonyl (C=O) groups is 1. The third kappa shape index (κ3) is 9.03. The second-order valence-electron chi connectivity index (χ2n) is 16.0. The van der Waals surface area contributed by atoms with Gasteiger partial charge in [0.15, 0.2) is 16.6 Å². The van der Waals surface area contributed by atoms with Crippen molar-refractivity contribution in [3.05, 3.63) is 36.0 Å². The van der Waals surface area contributed by atoms with Crippen molar-refractivity contribution in [3.8, 4) is 0 Å². The molecule has 0 aromatic heterocycles. The third-order valence-corrected chi connectivity index (χ3v) is 19.9. The summed E-state index contributed by atoms with van der Waals surface area (Å²) in [5, 5.41) is 0.396. The second-order valence-corrected chi connectivity index (χ2v) is 25.5. The maximum Gasteiger partial charge on any atom is 0.306 e. The van der Waals surface area contributed by atoms with Crippen LogP contribution < -0.4 is 0 Å². The molecule has 0 amide bonds. The van der Waals surface area contributed by atoms with Gasteiger partial charge < -0.3 is 13.6 Å². The molecule has 3 rings (SSSR count). The molecule has 3 aliphatic rings. The van der Waals surface area contributed by atoms with Crippen molar-refractivity contribution < 1.29 is 18.4 Å². The standard InChI is InChI=1S/C35H62O4Si2/c1-12-37-33(36)20-16-13-17-26-23-28-25-32(39-41(10,11)35(5,6)7)29(30(28)24-26)21-22-31(27-18-14-15-19-27)38-40(8,9)34(2,3)4/h13,17,21-23,27-32H,12,14-16,18-20,24-25H2,1-11H3/b17-13?,22-21-/t28-,29-,30-,31+,32+/m0/s1. The molecule has 0 heterocycles. The highest BCUT2D eigenvalue weighted by Gasteiger charge is 2.49. The zero-order valence-corrected chi connectivity index (χ0v) is 30.3. The number of fused-ring (bicyclic) bond motifs is 1. The van der Waals surface area contributed by atoms with E-state index >= 15 is 0 Å². The number of rotatable bonds is 12. The number of allylic oxidation sites excluding steroid dienone is 4. The zero-order chi connectivity index (χ0) is 30.6.